The van der Waals surface area contributed by atoms with Gasteiger partial charge in [-0.1, -0.05) is 12.6 Å². The first-order valence-electron chi connectivity index (χ1n) is 7.00. The molecule has 0 bridgehead atoms. The van der Waals surface area contributed by atoms with E-state index in [1.807, 2.05) is 0 Å². The van der Waals surface area contributed by atoms with Gasteiger partial charge in [-0.05, 0) is 37.0 Å². The van der Waals surface area contributed by atoms with Crippen LogP contribution in [0.2, 0.25) is 0 Å². The minimum atomic E-state index is -3.45. The molecule has 0 spiro atoms. The van der Waals surface area contributed by atoms with Crippen LogP contribution >= 0.6 is 0 Å². The normalized spacial score (nSPS) is 18.5. The van der Waals surface area contributed by atoms with E-state index in [4.69, 9.17) is 0 Å². The molecule has 0 aromatic heterocycles. The largest absolute Gasteiger partial charge is 0.338 e. The number of hydrogen-bond donors (Lipinski definition) is 1. The molecule has 22 heavy (non-hydrogen) atoms. The van der Waals surface area contributed by atoms with Gasteiger partial charge in [0.25, 0.3) is 5.91 Å². The molecule has 1 saturated heterocycles. The maximum absolute atomic E-state index is 13.3. The molecule has 2 rings (SSSR count). The lowest BCUT2D eigenvalue weighted by molar-refractivity contribution is 0.0786. The van der Waals surface area contributed by atoms with E-state index in [1.54, 1.807) is 17.9 Å². The van der Waals surface area contributed by atoms with Crippen molar-refractivity contribution in [2.45, 2.75) is 13.3 Å². The SMILES string of the molecule is C=CS(=O)(=O)NCC1CCN(C(=O)c2cc(F)ccc2C)C1. The zero-order chi connectivity index (χ0) is 16.3. The summed E-state index contributed by atoms with van der Waals surface area (Å²) in [6.45, 7) is 6.24. The molecule has 1 aromatic rings. The molecule has 1 aliphatic heterocycles. The van der Waals surface area contributed by atoms with Crippen LogP contribution < -0.4 is 4.72 Å². The first-order valence-corrected chi connectivity index (χ1v) is 8.54. The van der Waals surface area contributed by atoms with E-state index in [-0.39, 0.29) is 18.4 Å². The number of halogens is 1. The maximum atomic E-state index is 13.3. The van der Waals surface area contributed by atoms with E-state index in [0.717, 1.165) is 11.0 Å². The van der Waals surface area contributed by atoms with Gasteiger partial charge < -0.3 is 4.90 Å². The summed E-state index contributed by atoms with van der Waals surface area (Å²) in [4.78, 5) is 14.1. The average molecular weight is 326 g/mol. The van der Waals surface area contributed by atoms with E-state index >= 15 is 0 Å². The summed E-state index contributed by atoms with van der Waals surface area (Å²) in [5.41, 5.74) is 1.08. The molecule has 1 fully saturated rings. The molecule has 1 N–H and O–H groups in total. The van der Waals surface area contributed by atoms with Crippen LogP contribution in [0.3, 0.4) is 0 Å². The van der Waals surface area contributed by atoms with Crippen molar-refractivity contribution in [3.8, 4) is 0 Å². The second kappa shape index (κ2) is 6.58. The minimum Gasteiger partial charge on any atom is -0.338 e. The first kappa shape index (κ1) is 16.6. The molecule has 1 heterocycles. The molecule has 1 atom stereocenters. The Morgan fingerprint density at radius 1 is 1.55 bits per heavy atom. The Hall–Kier alpha value is -1.73. The fraction of sp³-hybridized carbons (Fsp3) is 0.400. The Balaban J connectivity index is 1.99. The number of benzene rings is 1. The highest BCUT2D eigenvalue weighted by molar-refractivity contribution is 7.92. The Bertz CT molecular complexity index is 688. The van der Waals surface area contributed by atoms with Gasteiger partial charge in [0.1, 0.15) is 5.82 Å². The highest BCUT2D eigenvalue weighted by Crippen LogP contribution is 2.20. The molecule has 1 aliphatic rings. The topological polar surface area (TPSA) is 66.5 Å². The van der Waals surface area contributed by atoms with E-state index in [9.17, 15) is 17.6 Å². The van der Waals surface area contributed by atoms with Crippen molar-refractivity contribution in [2.75, 3.05) is 19.6 Å². The summed E-state index contributed by atoms with van der Waals surface area (Å²) >= 11 is 0. The molecule has 1 unspecified atom stereocenters. The number of carbonyl (C=O) groups excluding carboxylic acids is 1. The summed E-state index contributed by atoms with van der Waals surface area (Å²) in [5.74, 6) is -0.609. The summed E-state index contributed by atoms with van der Waals surface area (Å²) in [5, 5.41) is 0.862. The van der Waals surface area contributed by atoms with Crippen LogP contribution in [0.4, 0.5) is 4.39 Å². The van der Waals surface area contributed by atoms with Crippen LogP contribution in [-0.4, -0.2) is 38.9 Å². The zero-order valence-electron chi connectivity index (χ0n) is 12.4. The lowest BCUT2D eigenvalue weighted by Crippen LogP contribution is -2.32. The summed E-state index contributed by atoms with van der Waals surface area (Å²) in [7, 11) is -3.45. The highest BCUT2D eigenvalue weighted by atomic mass is 32.2. The molecule has 7 heteroatoms. The van der Waals surface area contributed by atoms with Gasteiger partial charge in [0.15, 0.2) is 0 Å². The predicted molar refractivity (Wildman–Crippen MR) is 82.3 cm³/mol. The molecule has 120 valence electrons. The molecule has 0 saturated carbocycles. The summed E-state index contributed by atoms with van der Waals surface area (Å²) < 4.78 is 38.4. The molecular formula is C15H19FN2O3S. The molecular weight excluding hydrogens is 307 g/mol. The average Bonchev–Trinajstić information content (AvgIpc) is 2.96. The van der Waals surface area contributed by atoms with Crippen molar-refractivity contribution in [1.82, 2.24) is 9.62 Å². The Morgan fingerprint density at radius 3 is 2.95 bits per heavy atom. The van der Waals surface area contributed by atoms with Gasteiger partial charge in [0.05, 0.1) is 0 Å². The minimum absolute atomic E-state index is 0.0486. The fourth-order valence-electron chi connectivity index (χ4n) is 2.47. The molecule has 1 aromatic carbocycles. The van der Waals surface area contributed by atoms with Gasteiger partial charge in [0, 0.05) is 30.6 Å². The lowest BCUT2D eigenvalue weighted by atomic mass is 10.1. The van der Waals surface area contributed by atoms with Crippen molar-refractivity contribution in [3.63, 3.8) is 0 Å². The standard InChI is InChI=1S/C15H19FN2O3S/c1-3-22(20,21)17-9-12-6-7-18(10-12)15(19)14-8-13(16)5-4-11(14)2/h3-5,8,12,17H,1,6-7,9-10H2,2H3. The molecule has 5 nitrogen and oxygen atoms in total. The molecule has 0 aliphatic carbocycles. The maximum Gasteiger partial charge on any atom is 0.254 e. The third-order valence-electron chi connectivity index (χ3n) is 3.80. The van der Waals surface area contributed by atoms with E-state index < -0.39 is 15.8 Å². The van der Waals surface area contributed by atoms with E-state index in [2.05, 4.69) is 11.3 Å². The van der Waals surface area contributed by atoms with Crippen LogP contribution in [0.25, 0.3) is 0 Å². The quantitative estimate of drug-likeness (QED) is 0.895. The zero-order valence-corrected chi connectivity index (χ0v) is 13.2. The lowest BCUT2D eigenvalue weighted by Gasteiger charge is -2.18. The Kier molecular flexibility index (Phi) is 4.97. The monoisotopic (exact) mass is 326 g/mol. The Morgan fingerprint density at radius 2 is 2.27 bits per heavy atom. The third-order valence-corrected chi connectivity index (χ3v) is 4.80. The number of hydrogen-bond acceptors (Lipinski definition) is 3. The second-order valence-corrected chi connectivity index (χ2v) is 7.14. The van der Waals surface area contributed by atoms with Crippen LogP contribution in [0.5, 0.6) is 0 Å². The van der Waals surface area contributed by atoms with E-state index in [0.29, 0.717) is 25.1 Å². The number of amides is 1. The van der Waals surface area contributed by atoms with Gasteiger partial charge in [-0.25, -0.2) is 17.5 Å². The fourth-order valence-corrected chi connectivity index (χ4v) is 3.06. The smallest absolute Gasteiger partial charge is 0.254 e. The van der Waals surface area contributed by atoms with Crippen molar-refractivity contribution < 1.29 is 17.6 Å². The third kappa shape index (κ3) is 3.92. The number of nitrogens with zero attached hydrogens (tertiary/aromatic N) is 1. The number of aryl methyl sites for hydroxylation is 1. The van der Waals surface area contributed by atoms with Gasteiger partial charge in [0.2, 0.25) is 10.0 Å². The second-order valence-electron chi connectivity index (χ2n) is 5.43. The van der Waals surface area contributed by atoms with Crippen molar-refractivity contribution >= 4 is 15.9 Å². The summed E-state index contributed by atoms with van der Waals surface area (Å²) in [6.07, 6.45) is 0.708. The highest BCUT2D eigenvalue weighted by Gasteiger charge is 2.28. The van der Waals surface area contributed by atoms with Gasteiger partial charge in [-0.15, -0.1) is 0 Å². The number of likely N-dealkylation sites (tertiary alicyclic amines) is 1. The van der Waals surface area contributed by atoms with Crippen molar-refractivity contribution in [2.24, 2.45) is 5.92 Å². The van der Waals surface area contributed by atoms with Crippen LogP contribution in [0.1, 0.15) is 22.3 Å². The van der Waals surface area contributed by atoms with Gasteiger partial charge in [-0.2, -0.15) is 0 Å². The van der Waals surface area contributed by atoms with Crippen LogP contribution in [0, 0.1) is 18.7 Å². The van der Waals surface area contributed by atoms with E-state index in [1.165, 1.54) is 12.1 Å². The van der Waals surface area contributed by atoms with Crippen molar-refractivity contribution in [3.05, 3.63) is 47.1 Å². The predicted octanol–water partition coefficient (Wildman–Crippen LogP) is 1.66. The number of carbonyl (C=O) groups is 1. The number of rotatable bonds is 5. The van der Waals surface area contributed by atoms with Crippen molar-refractivity contribution in [1.29, 1.82) is 0 Å². The van der Waals surface area contributed by atoms with Gasteiger partial charge in [-0.3, -0.25) is 4.79 Å². The van der Waals surface area contributed by atoms with Crippen LogP contribution in [-0.2, 0) is 10.0 Å². The first-order chi connectivity index (χ1) is 10.3. The van der Waals surface area contributed by atoms with Crippen LogP contribution in [0.15, 0.2) is 30.2 Å². The van der Waals surface area contributed by atoms with Gasteiger partial charge >= 0.3 is 0 Å². The number of nitrogens with one attached hydrogen (secondary N) is 1. The Labute approximate surface area is 129 Å². The number of sulfonamides is 1. The molecule has 0 radical (unpaired) electrons. The summed E-state index contributed by atoms with van der Waals surface area (Å²) in [6, 6.07) is 4.14. The molecule has 1 amide bonds.